The van der Waals surface area contributed by atoms with Gasteiger partial charge in [0.05, 0.1) is 12.2 Å². The molecule has 3 heterocycles. The fraction of sp³-hybridized carbons (Fsp3) is 0.700. The zero-order valence-electron chi connectivity index (χ0n) is 16.0. The van der Waals surface area contributed by atoms with Gasteiger partial charge in [-0.2, -0.15) is 0 Å². The molecule has 4 nitrogen and oxygen atoms in total. The molecule has 132 valence electrons. The van der Waals surface area contributed by atoms with Crippen molar-refractivity contribution in [3.8, 4) is 0 Å². The van der Waals surface area contributed by atoms with Crippen LogP contribution in [0.25, 0.3) is 0 Å². The van der Waals surface area contributed by atoms with Gasteiger partial charge in [0, 0.05) is 41.5 Å². The van der Waals surface area contributed by atoms with E-state index < -0.39 is 0 Å². The number of ketones is 1. The number of carbonyl (C=O) groups excluding carboxylic acids is 1. The molecule has 0 radical (unpaired) electrons. The standard InChI is InChI=1S/C20H31N3O/c1-11(2)18(24)17-16(20(5,6)7)15-13-10-21-9-8-14(13)22-19(15)23(17)12(3)4/h8-12,15-17,19,22H,1-7H3. The summed E-state index contributed by atoms with van der Waals surface area (Å²) < 4.78 is 0. The number of hydrogen-bond donors (Lipinski definition) is 1. The van der Waals surface area contributed by atoms with Crippen molar-refractivity contribution in [1.82, 2.24) is 9.88 Å². The molecule has 3 rings (SSSR count). The Hall–Kier alpha value is -1.42. The van der Waals surface area contributed by atoms with E-state index in [0.717, 1.165) is 0 Å². The number of rotatable bonds is 3. The minimum absolute atomic E-state index is 0.0409. The molecule has 1 aromatic rings. The predicted octanol–water partition coefficient (Wildman–Crippen LogP) is 3.90. The number of nitrogens with one attached hydrogen (secondary N) is 1. The van der Waals surface area contributed by atoms with E-state index in [1.54, 1.807) is 0 Å². The Bertz CT molecular complexity index is 632. The summed E-state index contributed by atoms with van der Waals surface area (Å²) >= 11 is 0. The van der Waals surface area contributed by atoms with Gasteiger partial charge in [-0.05, 0) is 31.2 Å². The van der Waals surface area contributed by atoms with E-state index in [2.05, 4.69) is 55.9 Å². The van der Waals surface area contributed by atoms with Gasteiger partial charge in [0.1, 0.15) is 0 Å². The predicted molar refractivity (Wildman–Crippen MR) is 97.9 cm³/mol. The summed E-state index contributed by atoms with van der Waals surface area (Å²) in [4.78, 5) is 20.0. The van der Waals surface area contributed by atoms with Gasteiger partial charge in [-0.15, -0.1) is 0 Å². The van der Waals surface area contributed by atoms with Crippen molar-refractivity contribution in [1.29, 1.82) is 0 Å². The van der Waals surface area contributed by atoms with E-state index in [9.17, 15) is 4.79 Å². The number of hydrogen-bond acceptors (Lipinski definition) is 4. The van der Waals surface area contributed by atoms with Gasteiger partial charge in [0.15, 0.2) is 5.78 Å². The highest BCUT2D eigenvalue weighted by Gasteiger charge is 2.59. The van der Waals surface area contributed by atoms with Crippen molar-refractivity contribution in [3.05, 3.63) is 24.0 Å². The maximum Gasteiger partial charge on any atom is 0.152 e. The normalized spacial score (nSPS) is 29.7. The fourth-order valence-corrected chi connectivity index (χ4v) is 4.75. The molecule has 4 heteroatoms. The van der Waals surface area contributed by atoms with Crippen LogP contribution in [0.1, 0.15) is 59.9 Å². The zero-order chi connectivity index (χ0) is 17.8. The SMILES string of the molecule is CC(C)C(=O)C1C(C(C)(C)C)C2c3cnccc3NC2N1C(C)C. The molecular weight excluding hydrogens is 298 g/mol. The zero-order valence-corrected chi connectivity index (χ0v) is 16.0. The van der Waals surface area contributed by atoms with Gasteiger partial charge < -0.3 is 5.32 Å². The van der Waals surface area contributed by atoms with Crippen LogP contribution in [0.15, 0.2) is 18.5 Å². The molecule has 0 aliphatic carbocycles. The fourth-order valence-electron chi connectivity index (χ4n) is 4.75. The highest BCUT2D eigenvalue weighted by molar-refractivity contribution is 5.87. The summed E-state index contributed by atoms with van der Waals surface area (Å²) in [5.41, 5.74) is 2.49. The Kier molecular flexibility index (Phi) is 4.23. The van der Waals surface area contributed by atoms with Crippen molar-refractivity contribution in [2.75, 3.05) is 5.32 Å². The number of nitrogens with zero attached hydrogens (tertiary/aromatic N) is 2. The van der Waals surface area contributed by atoms with Gasteiger partial charge in [0.25, 0.3) is 0 Å². The third kappa shape index (κ3) is 2.55. The Morgan fingerprint density at radius 1 is 1.25 bits per heavy atom. The maximum atomic E-state index is 13.2. The molecule has 4 atom stereocenters. The minimum atomic E-state index is -0.0409. The molecule has 0 amide bonds. The summed E-state index contributed by atoms with van der Waals surface area (Å²) in [6, 6.07) is 2.33. The minimum Gasteiger partial charge on any atom is -0.369 e. The number of fused-ring (bicyclic) bond motifs is 3. The third-order valence-corrected chi connectivity index (χ3v) is 5.68. The molecule has 4 unspecified atom stereocenters. The average Bonchev–Trinajstić information content (AvgIpc) is 2.98. The molecular formula is C20H31N3O. The van der Waals surface area contributed by atoms with E-state index in [0.29, 0.717) is 17.7 Å². The summed E-state index contributed by atoms with van der Waals surface area (Å²) in [6.07, 6.45) is 4.02. The third-order valence-electron chi connectivity index (χ3n) is 5.68. The molecule has 0 spiro atoms. The van der Waals surface area contributed by atoms with Gasteiger partial charge in [-0.3, -0.25) is 14.7 Å². The molecule has 1 N–H and O–H groups in total. The van der Waals surface area contributed by atoms with Gasteiger partial charge in [-0.1, -0.05) is 34.6 Å². The number of likely N-dealkylation sites (tertiary alicyclic amines) is 1. The van der Waals surface area contributed by atoms with Gasteiger partial charge in [0.2, 0.25) is 0 Å². The number of carbonyl (C=O) groups is 1. The van der Waals surface area contributed by atoms with E-state index in [4.69, 9.17) is 0 Å². The highest BCUT2D eigenvalue weighted by atomic mass is 16.1. The highest BCUT2D eigenvalue weighted by Crippen LogP contribution is 2.55. The maximum absolute atomic E-state index is 13.2. The van der Waals surface area contributed by atoms with Gasteiger partial charge in [-0.25, -0.2) is 0 Å². The molecule has 0 bridgehead atoms. The Morgan fingerprint density at radius 3 is 2.46 bits per heavy atom. The Morgan fingerprint density at radius 2 is 1.92 bits per heavy atom. The Labute approximate surface area is 146 Å². The monoisotopic (exact) mass is 329 g/mol. The van der Waals surface area contributed by atoms with Crippen LogP contribution in [0.2, 0.25) is 0 Å². The molecule has 2 aliphatic heterocycles. The summed E-state index contributed by atoms with van der Waals surface area (Å²) in [5, 5.41) is 3.69. The van der Waals surface area contributed by atoms with Crippen LogP contribution < -0.4 is 5.32 Å². The molecule has 2 aliphatic rings. The lowest BCUT2D eigenvalue weighted by molar-refractivity contribution is -0.129. The lowest BCUT2D eigenvalue weighted by Gasteiger charge is -2.39. The molecule has 24 heavy (non-hydrogen) atoms. The molecule has 1 aromatic heterocycles. The van der Waals surface area contributed by atoms with Crippen molar-refractivity contribution in [3.63, 3.8) is 0 Å². The summed E-state index contributed by atoms with van der Waals surface area (Å²) in [5.74, 6) is 1.00. The molecule has 0 saturated carbocycles. The lowest BCUT2D eigenvalue weighted by atomic mass is 9.68. The van der Waals surface area contributed by atoms with E-state index in [1.165, 1.54) is 11.3 Å². The topological polar surface area (TPSA) is 45.2 Å². The smallest absolute Gasteiger partial charge is 0.152 e. The van der Waals surface area contributed by atoms with E-state index in [1.807, 2.05) is 26.2 Å². The first-order valence-electron chi connectivity index (χ1n) is 9.16. The lowest BCUT2D eigenvalue weighted by Crippen LogP contribution is -2.51. The van der Waals surface area contributed by atoms with Crippen molar-refractivity contribution < 1.29 is 4.79 Å². The van der Waals surface area contributed by atoms with Crippen LogP contribution in [0.3, 0.4) is 0 Å². The molecule has 1 saturated heterocycles. The quantitative estimate of drug-likeness (QED) is 0.913. The van der Waals surface area contributed by atoms with Gasteiger partial charge >= 0.3 is 0 Å². The van der Waals surface area contributed by atoms with E-state index in [-0.39, 0.29) is 29.5 Å². The number of Topliss-reactive ketones (excluding diaryl/α,β-unsaturated/α-hetero) is 1. The second-order valence-corrected chi connectivity index (χ2v) is 9.01. The summed E-state index contributed by atoms with van der Waals surface area (Å²) in [6.45, 7) is 15.3. The average molecular weight is 329 g/mol. The van der Waals surface area contributed by atoms with Crippen molar-refractivity contribution in [2.45, 2.75) is 72.6 Å². The molecule has 1 fully saturated rings. The number of aromatic nitrogens is 1. The van der Waals surface area contributed by atoms with Crippen LogP contribution in [0.5, 0.6) is 0 Å². The van der Waals surface area contributed by atoms with Crippen LogP contribution in [0, 0.1) is 17.3 Å². The largest absolute Gasteiger partial charge is 0.369 e. The first-order valence-corrected chi connectivity index (χ1v) is 9.16. The molecule has 0 aromatic carbocycles. The van der Waals surface area contributed by atoms with Crippen molar-refractivity contribution in [2.24, 2.45) is 17.3 Å². The summed E-state index contributed by atoms with van der Waals surface area (Å²) in [7, 11) is 0. The van der Waals surface area contributed by atoms with Crippen LogP contribution in [-0.2, 0) is 4.79 Å². The number of pyridine rings is 1. The van der Waals surface area contributed by atoms with Crippen LogP contribution >= 0.6 is 0 Å². The van der Waals surface area contributed by atoms with Crippen LogP contribution in [0.4, 0.5) is 5.69 Å². The van der Waals surface area contributed by atoms with Crippen LogP contribution in [-0.4, -0.2) is 33.9 Å². The Balaban J connectivity index is 2.14. The van der Waals surface area contributed by atoms with Crippen molar-refractivity contribution >= 4 is 11.5 Å². The van der Waals surface area contributed by atoms with E-state index >= 15 is 0 Å². The second-order valence-electron chi connectivity index (χ2n) is 9.01. The second kappa shape index (κ2) is 5.83. The number of anilines is 1. The first kappa shape index (κ1) is 17.4. The first-order chi connectivity index (χ1) is 11.1.